The number of aromatic nitrogens is 2. The number of hydrogen-bond acceptors (Lipinski definition) is 5. The number of nitrogens with zero attached hydrogens (tertiary/aromatic N) is 4. The summed E-state index contributed by atoms with van der Waals surface area (Å²) >= 11 is 3.45. The van der Waals surface area contributed by atoms with Gasteiger partial charge in [0.05, 0.1) is 16.2 Å². The maximum atomic E-state index is 12.5. The quantitative estimate of drug-likeness (QED) is 0.729. The average Bonchev–Trinajstić information content (AvgIpc) is 2.68. The van der Waals surface area contributed by atoms with E-state index < -0.39 is 0 Å². The Labute approximate surface area is 168 Å². The normalized spacial score (nSPS) is 17.3. The highest BCUT2D eigenvalue weighted by atomic mass is 79.9. The molecule has 0 spiro atoms. The maximum Gasteiger partial charge on any atom is 0.410 e. The van der Waals surface area contributed by atoms with Crippen LogP contribution in [0, 0.1) is 12.8 Å². The molecule has 0 saturated carbocycles. The Morgan fingerprint density at radius 2 is 2.04 bits per heavy atom. The fraction of sp³-hybridized carbons (Fsp3) is 0.450. The number of halogens is 1. The standard InChI is InChI=1S/C20H25BrN4O2/c1-14(2)18-12-24(20(26)27-13-16-7-5-4-6-8-16)9-10-25(18)19-22-11-17(21)15(3)23-19/h4-8,11,14,18H,9-10,12-13H2,1-3H3/t18-/m0/s1. The average molecular weight is 433 g/mol. The molecule has 0 bridgehead atoms. The molecule has 1 saturated heterocycles. The van der Waals surface area contributed by atoms with E-state index in [1.54, 1.807) is 11.1 Å². The van der Waals surface area contributed by atoms with Gasteiger partial charge >= 0.3 is 6.09 Å². The molecule has 1 fully saturated rings. The van der Waals surface area contributed by atoms with Crippen molar-refractivity contribution in [1.82, 2.24) is 14.9 Å². The predicted octanol–water partition coefficient (Wildman–Crippen LogP) is 4.03. The summed E-state index contributed by atoms with van der Waals surface area (Å²) in [6, 6.07) is 9.88. The molecule has 0 aliphatic carbocycles. The minimum Gasteiger partial charge on any atom is -0.445 e. The molecule has 2 aromatic rings. The van der Waals surface area contributed by atoms with E-state index in [0.717, 1.165) is 15.7 Å². The predicted molar refractivity (Wildman–Crippen MR) is 109 cm³/mol. The van der Waals surface area contributed by atoms with Gasteiger partial charge in [0.2, 0.25) is 5.95 Å². The van der Waals surface area contributed by atoms with E-state index in [-0.39, 0.29) is 12.1 Å². The molecular weight excluding hydrogens is 408 g/mol. The summed E-state index contributed by atoms with van der Waals surface area (Å²) in [5.74, 6) is 1.06. The van der Waals surface area contributed by atoms with Gasteiger partial charge in [0, 0.05) is 25.8 Å². The minimum absolute atomic E-state index is 0.142. The van der Waals surface area contributed by atoms with Crippen LogP contribution in [0.5, 0.6) is 0 Å². The van der Waals surface area contributed by atoms with Crippen molar-refractivity contribution in [1.29, 1.82) is 0 Å². The lowest BCUT2D eigenvalue weighted by molar-refractivity contribution is 0.0856. The Balaban J connectivity index is 1.66. The van der Waals surface area contributed by atoms with Crippen LogP contribution in [0.25, 0.3) is 0 Å². The van der Waals surface area contributed by atoms with Crippen molar-refractivity contribution in [2.24, 2.45) is 5.92 Å². The topological polar surface area (TPSA) is 58.6 Å². The van der Waals surface area contributed by atoms with Crippen molar-refractivity contribution >= 4 is 28.0 Å². The fourth-order valence-corrected chi connectivity index (χ4v) is 3.37. The van der Waals surface area contributed by atoms with Gasteiger partial charge in [-0.2, -0.15) is 0 Å². The lowest BCUT2D eigenvalue weighted by Gasteiger charge is -2.42. The van der Waals surface area contributed by atoms with E-state index in [0.29, 0.717) is 38.1 Å². The molecule has 0 N–H and O–H groups in total. The van der Waals surface area contributed by atoms with Crippen LogP contribution in [0.1, 0.15) is 25.1 Å². The van der Waals surface area contributed by atoms with Gasteiger partial charge in [-0.3, -0.25) is 0 Å². The van der Waals surface area contributed by atoms with Crippen LogP contribution in [-0.4, -0.2) is 46.6 Å². The lowest BCUT2D eigenvalue weighted by Crippen LogP contribution is -2.57. The zero-order valence-electron chi connectivity index (χ0n) is 15.9. The number of carbonyl (C=O) groups excluding carboxylic acids is 1. The zero-order chi connectivity index (χ0) is 19.4. The summed E-state index contributed by atoms with van der Waals surface area (Å²) in [6.45, 7) is 8.44. The molecule has 6 nitrogen and oxygen atoms in total. The van der Waals surface area contributed by atoms with Crippen LogP contribution < -0.4 is 4.90 Å². The van der Waals surface area contributed by atoms with Crippen molar-refractivity contribution in [3.05, 3.63) is 52.3 Å². The Hall–Kier alpha value is -2.15. The van der Waals surface area contributed by atoms with Gasteiger partial charge in [-0.15, -0.1) is 0 Å². The second kappa shape index (κ2) is 8.69. The van der Waals surface area contributed by atoms with Crippen LogP contribution in [0.4, 0.5) is 10.7 Å². The first kappa shape index (κ1) is 19.6. The van der Waals surface area contributed by atoms with Crippen LogP contribution in [-0.2, 0) is 11.3 Å². The third-order valence-corrected chi connectivity index (χ3v) is 5.59. The number of hydrogen-bond donors (Lipinski definition) is 0. The molecule has 1 aromatic heterocycles. The van der Waals surface area contributed by atoms with Crippen molar-refractivity contribution in [2.45, 2.75) is 33.4 Å². The van der Waals surface area contributed by atoms with Crippen molar-refractivity contribution in [3.63, 3.8) is 0 Å². The number of ether oxygens (including phenoxy) is 1. The number of anilines is 1. The molecule has 3 rings (SSSR count). The first-order valence-electron chi connectivity index (χ1n) is 9.17. The molecule has 1 aliphatic rings. The molecule has 27 heavy (non-hydrogen) atoms. The second-order valence-electron chi connectivity index (χ2n) is 7.09. The summed E-state index contributed by atoms with van der Waals surface area (Å²) in [5, 5.41) is 0. The molecular formula is C20H25BrN4O2. The summed E-state index contributed by atoms with van der Waals surface area (Å²) in [7, 11) is 0. The van der Waals surface area contributed by atoms with E-state index in [4.69, 9.17) is 4.74 Å². The Bertz CT molecular complexity index is 785. The van der Waals surface area contributed by atoms with Gasteiger partial charge < -0.3 is 14.5 Å². The first-order valence-corrected chi connectivity index (χ1v) is 9.96. The highest BCUT2D eigenvalue weighted by Crippen LogP contribution is 2.24. The van der Waals surface area contributed by atoms with Crippen LogP contribution >= 0.6 is 15.9 Å². The van der Waals surface area contributed by atoms with E-state index in [9.17, 15) is 4.79 Å². The number of aryl methyl sites for hydroxylation is 1. The molecule has 0 unspecified atom stereocenters. The van der Waals surface area contributed by atoms with Crippen LogP contribution in [0.3, 0.4) is 0 Å². The van der Waals surface area contributed by atoms with Crippen molar-refractivity contribution < 1.29 is 9.53 Å². The lowest BCUT2D eigenvalue weighted by atomic mass is 10.00. The number of benzene rings is 1. The number of rotatable bonds is 4. The Morgan fingerprint density at radius 1 is 1.30 bits per heavy atom. The van der Waals surface area contributed by atoms with Gasteiger partial charge in [0.25, 0.3) is 0 Å². The van der Waals surface area contributed by atoms with Crippen LogP contribution in [0.15, 0.2) is 41.0 Å². The SMILES string of the molecule is Cc1nc(N2CCN(C(=O)OCc3ccccc3)C[C@H]2C(C)C)ncc1Br. The van der Waals surface area contributed by atoms with Crippen molar-refractivity contribution in [3.8, 4) is 0 Å². The summed E-state index contributed by atoms with van der Waals surface area (Å²) in [4.78, 5) is 25.6. The highest BCUT2D eigenvalue weighted by molar-refractivity contribution is 9.10. The zero-order valence-corrected chi connectivity index (χ0v) is 17.5. The van der Waals surface area contributed by atoms with Gasteiger partial charge in [-0.05, 0) is 34.3 Å². The molecule has 144 valence electrons. The summed E-state index contributed by atoms with van der Waals surface area (Å²) in [5.41, 5.74) is 1.90. The van der Waals surface area contributed by atoms with E-state index in [1.807, 2.05) is 37.3 Å². The summed E-state index contributed by atoms with van der Waals surface area (Å²) in [6.07, 6.45) is 1.52. The van der Waals surface area contributed by atoms with E-state index in [2.05, 4.69) is 44.6 Å². The second-order valence-corrected chi connectivity index (χ2v) is 7.95. The fourth-order valence-electron chi connectivity index (χ4n) is 3.18. The summed E-state index contributed by atoms with van der Waals surface area (Å²) < 4.78 is 6.40. The number of carbonyl (C=O) groups is 1. The molecule has 1 aliphatic heterocycles. The van der Waals surface area contributed by atoms with Gasteiger partial charge in [-0.1, -0.05) is 44.2 Å². The maximum absolute atomic E-state index is 12.5. The van der Waals surface area contributed by atoms with Crippen LogP contribution in [0.2, 0.25) is 0 Å². The Morgan fingerprint density at radius 3 is 2.70 bits per heavy atom. The monoisotopic (exact) mass is 432 g/mol. The molecule has 1 amide bonds. The first-order chi connectivity index (χ1) is 13.0. The van der Waals surface area contributed by atoms with Gasteiger partial charge in [0.1, 0.15) is 6.61 Å². The largest absolute Gasteiger partial charge is 0.445 e. The Kier molecular flexibility index (Phi) is 6.31. The van der Waals surface area contributed by atoms with Crippen molar-refractivity contribution in [2.75, 3.05) is 24.5 Å². The number of amides is 1. The third-order valence-electron chi connectivity index (χ3n) is 4.82. The molecule has 0 radical (unpaired) electrons. The number of piperazine rings is 1. The van der Waals surface area contributed by atoms with Gasteiger partial charge in [0.15, 0.2) is 0 Å². The molecule has 1 atom stereocenters. The molecule has 2 heterocycles. The molecule has 7 heteroatoms. The van der Waals surface area contributed by atoms with E-state index in [1.165, 1.54) is 0 Å². The smallest absolute Gasteiger partial charge is 0.410 e. The molecule has 1 aromatic carbocycles. The third kappa shape index (κ3) is 4.77. The minimum atomic E-state index is -0.267. The highest BCUT2D eigenvalue weighted by Gasteiger charge is 2.33. The van der Waals surface area contributed by atoms with E-state index >= 15 is 0 Å². The van der Waals surface area contributed by atoms with Gasteiger partial charge in [-0.25, -0.2) is 14.8 Å².